The van der Waals surface area contributed by atoms with Crippen molar-refractivity contribution in [2.45, 2.75) is 45.1 Å². The van der Waals surface area contributed by atoms with Crippen LogP contribution >= 0.6 is 0 Å². The maximum atomic E-state index is 13.0. The first-order chi connectivity index (χ1) is 12.8. The van der Waals surface area contributed by atoms with Gasteiger partial charge in [0.1, 0.15) is 6.54 Å². The van der Waals surface area contributed by atoms with Crippen molar-refractivity contribution in [3.63, 3.8) is 0 Å². The summed E-state index contributed by atoms with van der Waals surface area (Å²) in [5, 5.41) is 2.68. The fraction of sp³-hybridized carbons (Fsp3) is 0.522. The number of hydrogen-bond donors (Lipinski definition) is 1. The Morgan fingerprint density at radius 1 is 0.962 bits per heavy atom. The van der Waals surface area contributed by atoms with Crippen LogP contribution < -0.4 is 4.90 Å². The van der Waals surface area contributed by atoms with Gasteiger partial charge in [-0.25, -0.2) is 0 Å². The van der Waals surface area contributed by atoms with Crippen LogP contribution in [0.2, 0.25) is 0 Å². The first-order valence-corrected chi connectivity index (χ1v) is 10.4. The fourth-order valence-electron chi connectivity index (χ4n) is 4.79. The number of nitrogens with one attached hydrogen (secondary N) is 1. The summed E-state index contributed by atoms with van der Waals surface area (Å²) in [6, 6.07) is 15.3. The van der Waals surface area contributed by atoms with Crippen molar-refractivity contribution in [3.8, 4) is 0 Å². The standard InChI is InChI=1S/C23H30N2O/c26-23(25-15-5-1-2-6-16-25)21-12-8-14-24(18-21)17-20-11-7-10-19-9-3-4-13-22(19)20/h3-4,7,9-11,13,21H,1-2,5-6,8,12,14-18H2/p+1/t21-/m0/s1. The minimum absolute atomic E-state index is 0.229. The Hall–Kier alpha value is -1.87. The molecule has 2 saturated heterocycles. The Kier molecular flexibility index (Phi) is 5.54. The average Bonchev–Trinajstić information content (AvgIpc) is 2.97. The molecule has 0 radical (unpaired) electrons. The van der Waals surface area contributed by atoms with Gasteiger partial charge < -0.3 is 9.80 Å². The molecule has 0 spiro atoms. The Balaban J connectivity index is 1.44. The molecule has 2 aromatic carbocycles. The van der Waals surface area contributed by atoms with E-state index in [1.807, 2.05) is 0 Å². The Labute approximate surface area is 157 Å². The second kappa shape index (κ2) is 8.22. The molecule has 3 heteroatoms. The number of nitrogens with zero attached hydrogens (tertiary/aromatic N) is 1. The molecule has 0 saturated carbocycles. The quantitative estimate of drug-likeness (QED) is 0.903. The molecule has 0 bridgehead atoms. The van der Waals surface area contributed by atoms with E-state index in [0.29, 0.717) is 5.91 Å². The van der Waals surface area contributed by atoms with Crippen LogP contribution in [0.25, 0.3) is 10.8 Å². The van der Waals surface area contributed by atoms with Crippen molar-refractivity contribution < 1.29 is 9.69 Å². The number of quaternary nitrogens is 1. The monoisotopic (exact) mass is 351 g/mol. The molecule has 26 heavy (non-hydrogen) atoms. The molecule has 138 valence electrons. The van der Waals surface area contributed by atoms with Gasteiger partial charge in [-0.05, 0) is 36.5 Å². The fourth-order valence-corrected chi connectivity index (χ4v) is 4.79. The van der Waals surface area contributed by atoms with Crippen molar-refractivity contribution in [3.05, 3.63) is 48.0 Å². The Morgan fingerprint density at radius 2 is 1.73 bits per heavy atom. The Bertz CT molecular complexity index is 743. The molecule has 2 aliphatic rings. The summed E-state index contributed by atoms with van der Waals surface area (Å²) >= 11 is 0. The van der Waals surface area contributed by atoms with E-state index >= 15 is 0 Å². The topological polar surface area (TPSA) is 24.8 Å². The smallest absolute Gasteiger partial charge is 0.231 e. The maximum Gasteiger partial charge on any atom is 0.231 e. The summed E-state index contributed by atoms with van der Waals surface area (Å²) in [6.45, 7) is 5.18. The van der Waals surface area contributed by atoms with Gasteiger partial charge in [0.15, 0.2) is 0 Å². The molecule has 2 heterocycles. The number of carbonyl (C=O) groups excluding carboxylic acids is 1. The number of carbonyl (C=O) groups is 1. The van der Waals surface area contributed by atoms with E-state index in [-0.39, 0.29) is 5.92 Å². The van der Waals surface area contributed by atoms with Crippen LogP contribution in [0.3, 0.4) is 0 Å². The molecule has 1 N–H and O–H groups in total. The van der Waals surface area contributed by atoms with Crippen LogP contribution in [0.5, 0.6) is 0 Å². The van der Waals surface area contributed by atoms with Crippen LogP contribution in [0.1, 0.15) is 44.1 Å². The van der Waals surface area contributed by atoms with Gasteiger partial charge in [0.05, 0.1) is 19.0 Å². The molecule has 4 rings (SSSR count). The molecule has 2 aliphatic heterocycles. The minimum atomic E-state index is 0.229. The second-order valence-electron chi connectivity index (χ2n) is 8.10. The highest BCUT2D eigenvalue weighted by atomic mass is 16.2. The van der Waals surface area contributed by atoms with Crippen molar-refractivity contribution in [1.82, 2.24) is 4.90 Å². The van der Waals surface area contributed by atoms with E-state index in [9.17, 15) is 4.79 Å². The lowest BCUT2D eigenvalue weighted by atomic mass is 9.95. The number of piperidine rings is 1. The number of amides is 1. The molecular formula is C23H31N2O+. The van der Waals surface area contributed by atoms with Crippen LogP contribution in [0.4, 0.5) is 0 Å². The largest absolute Gasteiger partial charge is 0.342 e. The van der Waals surface area contributed by atoms with Gasteiger partial charge in [-0.15, -0.1) is 0 Å². The van der Waals surface area contributed by atoms with Crippen LogP contribution in [0, 0.1) is 5.92 Å². The normalized spacial score (nSPS) is 24.4. The zero-order valence-electron chi connectivity index (χ0n) is 15.8. The lowest BCUT2D eigenvalue weighted by Gasteiger charge is -2.32. The third-order valence-electron chi connectivity index (χ3n) is 6.21. The third kappa shape index (κ3) is 3.93. The van der Waals surface area contributed by atoms with Crippen molar-refractivity contribution in [1.29, 1.82) is 0 Å². The highest BCUT2D eigenvalue weighted by molar-refractivity contribution is 5.85. The number of likely N-dealkylation sites (tertiary alicyclic amines) is 2. The van der Waals surface area contributed by atoms with Crippen LogP contribution in [-0.4, -0.2) is 37.0 Å². The summed E-state index contributed by atoms with van der Waals surface area (Å²) in [4.78, 5) is 16.8. The van der Waals surface area contributed by atoms with Gasteiger partial charge >= 0.3 is 0 Å². The average molecular weight is 352 g/mol. The third-order valence-corrected chi connectivity index (χ3v) is 6.21. The van der Waals surface area contributed by atoms with E-state index in [1.165, 1.54) is 55.0 Å². The number of benzene rings is 2. The van der Waals surface area contributed by atoms with E-state index < -0.39 is 0 Å². The summed E-state index contributed by atoms with van der Waals surface area (Å²) in [5.74, 6) is 0.661. The number of fused-ring (bicyclic) bond motifs is 1. The van der Waals surface area contributed by atoms with E-state index in [0.717, 1.165) is 32.6 Å². The SMILES string of the molecule is O=C([C@H]1CCC[NH+](Cc2cccc3ccccc23)C1)N1CCCCCC1. The first kappa shape index (κ1) is 17.5. The van der Waals surface area contributed by atoms with E-state index in [1.54, 1.807) is 4.90 Å². The number of rotatable bonds is 3. The summed E-state index contributed by atoms with van der Waals surface area (Å²) < 4.78 is 0. The summed E-state index contributed by atoms with van der Waals surface area (Å²) in [7, 11) is 0. The second-order valence-corrected chi connectivity index (χ2v) is 8.10. The molecule has 1 unspecified atom stereocenters. The lowest BCUT2D eigenvalue weighted by molar-refractivity contribution is -0.921. The molecule has 2 fully saturated rings. The molecule has 0 aromatic heterocycles. The zero-order valence-corrected chi connectivity index (χ0v) is 15.8. The highest BCUT2D eigenvalue weighted by Gasteiger charge is 2.32. The molecule has 2 aromatic rings. The molecule has 1 amide bonds. The van der Waals surface area contributed by atoms with E-state index in [2.05, 4.69) is 47.4 Å². The maximum absolute atomic E-state index is 13.0. The van der Waals surface area contributed by atoms with Crippen molar-refractivity contribution in [2.75, 3.05) is 26.2 Å². The van der Waals surface area contributed by atoms with Gasteiger partial charge in [0.2, 0.25) is 5.91 Å². The minimum Gasteiger partial charge on any atom is -0.342 e. The Morgan fingerprint density at radius 3 is 2.58 bits per heavy atom. The van der Waals surface area contributed by atoms with Crippen LogP contribution in [-0.2, 0) is 11.3 Å². The first-order valence-electron chi connectivity index (χ1n) is 10.4. The summed E-state index contributed by atoms with van der Waals surface area (Å²) in [5.41, 5.74) is 1.42. The van der Waals surface area contributed by atoms with Crippen molar-refractivity contribution >= 4 is 16.7 Å². The molecule has 2 atom stereocenters. The zero-order chi connectivity index (χ0) is 17.8. The predicted molar refractivity (Wildman–Crippen MR) is 106 cm³/mol. The van der Waals surface area contributed by atoms with Crippen molar-refractivity contribution in [2.24, 2.45) is 5.92 Å². The lowest BCUT2D eigenvalue weighted by Crippen LogP contribution is -3.12. The van der Waals surface area contributed by atoms with Gasteiger partial charge in [-0.3, -0.25) is 4.79 Å². The molecular weight excluding hydrogens is 320 g/mol. The van der Waals surface area contributed by atoms with Gasteiger partial charge in [-0.1, -0.05) is 55.3 Å². The van der Waals surface area contributed by atoms with Gasteiger partial charge in [0, 0.05) is 18.7 Å². The van der Waals surface area contributed by atoms with Crippen LogP contribution in [0.15, 0.2) is 42.5 Å². The summed E-state index contributed by atoms with van der Waals surface area (Å²) in [6.07, 6.45) is 7.19. The molecule has 0 aliphatic carbocycles. The number of hydrogen-bond acceptors (Lipinski definition) is 1. The van der Waals surface area contributed by atoms with E-state index in [4.69, 9.17) is 0 Å². The highest BCUT2D eigenvalue weighted by Crippen LogP contribution is 2.19. The van der Waals surface area contributed by atoms with Gasteiger partial charge in [0.25, 0.3) is 0 Å². The van der Waals surface area contributed by atoms with Gasteiger partial charge in [-0.2, -0.15) is 0 Å². The predicted octanol–water partition coefficient (Wildman–Crippen LogP) is 3.04. The molecule has 3 nitrogen and oxygen atoms in total.